The van der Waals surface area contributed by atoms with Crippen LogP contribution < -0.4 is 5.32 Å². The number of nitrogens with zero attached hydrogens (tertiary/aromatic N) is 7. The van der Waals surface area contributed by atoms with Gasteiger partial charge in [-0.25, -0.2) is 4.98 Å². The molecule has 2 aromatic carbocycles. The topological polar surface area (TPSA) is 78.4 Å². The molecule has 6 aromatic rings. The molecule has 0 aliphatic heterocycles. The maximum absolute atomic E-state index is 4.67. The third-order valence-corrected chi connectivity index (χ3v) is 6.29. The minimum Gasteiger partial charge on any atom is -0.373 e. The highest BCUT2D eigenvalue weighted by molar-refractivity contribution is 5.97. The first-order chi connectivity index (χ1) is 16.6. The van der Waals surface area contributed by atoms with Crippen LogP contribution in [0, 0.1) is 0 Å². The Morgan fingerprint density at radius 3 is 2.59 bits per heavy atom. The van der Waals surface area contributed by atoms with Crippen LogP contribution >= 0.6 is 0 Å². The molecule has 4 heterocycles. The molecule has 0 bridgehead atoms. The minimum absolute atomic E-state index is 0.126. The summed E-state index contributed by atoms with van der Waals surface area (Å²) in [5.74, 6) is 0. The number of imidazole rings is 1. The van der Waals surface area contributed by atoms with E-state index in [1.54, 1.807) is 12.4 Å². The van der Waals surface area contributed by atoms with Gasteiger partial charge in [-0.2, -0.15) is 5.10 Å². The SMILES string of the molecule is Cn1cc([C@@H](Nc2cc(-c3ccc4ccn(C)c4c3)c3nccnc3c2)c2cncn2C)cn1. The molecular weight excluding hydrogens is 424 g/mol. The Morgan fingerprint density at radius 2 is 1.79 bits per heavy atom. The molecule has 0 aliphatic rings. The summed E-state index contributed by atoms with van der Waals surface area (Å²) in [4.78, 5) is 13.6. The van der Waals surface area contributed by atoms with E-state index in [0.29, 0.717) is 0 Å². The first-order valence-corrected chi connectivity index (χ1v) is 11.1. The van der Waals surface area contributed by atoms with Gasteiger partial charge in [-0.15, -0.1) is 0 Å². The van der Waals surface area contributed by atoms with Crippen LogP contribution in [0.5, 0.6) is 0 Å². The number of aryl methyl sites for hydroxylation is 3. The average Bonchev–Trinajstić information content (AvgIpc) is 3.57. The summed E-state index contributed by atoms with van der Waals surface area (Å²) in [5, 5.41) is 9.31. The molecule has 4 aromatic heterocycles. The second kappa shape index (κ2) is 7.84. The number of fused-ring (bicyclic) bond motifs is 2. The molecule has 0 fully saturated rings. The van der Waals surface area contributed by atoms with Crippen molar-refractivity contribution in [3.63, 3.8) is 0 Å². The normalized spacial score (nSPS) is 12.4. The highest BCUT2D eigenvalue weighted by atomic mass is 15.2. The minimum atomic E-state index is -0.126. The molecule has 8 heteroatoms. The largest absolute Gasteiger partial charge is 0.373 e. The van der Waals surface area contributed by atoms with Crippen molar-refractivity contribution < 1.29 is 0 Å². The quantitative estimate of drug-likeness (QED) is 0.421. The number of hydrogen-bond acceptors (Lipinski definition) is 5. The Morgan fingerprint density at radius 1 is 0.912 bits per heavy atom. The van der Waals surface area contributed by atoms with Crippen LogP contribution in [0.25, 0.3) is 33.1 Å². The molecule has 0 spiro atoms. The second-order valence-electron chi connectivity index (χ2n) is 8.60. The van der Waals surface area contributed by atoms with E-state index in [-0.39, 0.29) is 6.04 Å². The van der Waals surface area contributed by atoms with E-state index in [2.05, 4.69) is 73.5 Å². The van der Waals surface area contributed by atoms with Crippen LogP contribution in [-0.4, -0.2) is 33.9 Å². The van der Waals surface area contributed by atoms with Crippen molar-refractivity contribution in [1.29, 1.82) is 0 Å². The molecule has 6 rings (SSSR count). The Hall–Kier alpha value is -4.46. The molecule has 8 nitrogen and oxygen atoms in total. The van der Waals surface area contributed by atoms with Gasteiger partial charge in [-0.3, -0.25) is 14.6 Å². The molecule has 0 unspecified atom stereocenters. The van der Waals surface area contributed by atoms with Crippen LogP contribution in [0.4, 0.5) is 5.69 Å². The maximum Gasteiger partial charge on any atom is 0.0966 e. The lowest BCUT2D eigenvalue weighted by Gasteiger charge is -2.20. The van der Waals surface area contributed by atoms with Gasteiger partial charge in [0.1, 0.15) is 0 Å². The van der Waals surface area contributed by atoms with Crippen molar-refractivity contribution in [2.24, 2.45) is 21.1 Å². The number of hydrogen-bond donors (Lipinski definition) is 1. The predicted octanol–water partition coefficient (Wildman–Crippen LogP) is 4.46. The van der Waals surface area contributed by atoms with Crippen molar-refractivity contribution in [3.05, 3.63) is 91.2 Å². The summed E-state index contributed by atoms with van der Waals surface area (Å²) in [7, 11) is 5.99. The highest BCUT2D eigenvalue weighted by Gasteiger charge is 2.20. The van der Waals surface area contributed by atoms with E-state index in [4.69, 9.17) is 0 Å². The van der Waals surface area contributed by atoms with Crippen molar-refractivity contribution in [2.45, 2.75) is 6.04 Å². The van der Waals surface area contributed by atoms with E-state index in [0.717, 1.165) is 39.1 Å². The molecule has 1 N–H and O–H groups in total. The third-order valence-electron chi connectivity index (χ3n) is 6.29. The van der Waals surface area contributed by atoms with Gasteiger partial charge in [0.25, 0.3) is 0 Å². The van der Waals surface area contributed by atoms with E-state index < -0.39 is 0 Å². The monoisotopic (exact) mass is 448 g/mol. The Kier molecular flexibility index (Phi) is 4.65. The van der Waals surface area contributed by atoms with E-state index in [1.807, 2.05) is 54.3 Å². The van der Waals surface area contributed by atoms with Gasteiger partial charge < -0.3 is 14.5 Å². The molecule has 0 aliphatic carbocycles. The van der Waals surface area contributed by atoms with Crippen molar-refractivity contribution in [2.75, 3.05) is 5.32 Å². The Balaban J connectivity index is 1.50. The predicted molar refractivity (Wildman–Crippen MR) is 133 cm³/mol. The summed E-state index contributed by atoms with van der Waals surface area (Å²) in [6.07, 6.45) is 13.2. The number of anilines is 1. The van der Waals surface area contributed by atoms with Crippen LogP contribution in [0.1, 0.15) is 17.3 Å². The molecular formula is C26H24N8. The molecule has 0 radical (unpaired) electrons. The lowest BCUT2D eigenvalue weighted by Crippen LogP contribution is -2.15. The van der Waals surface area contributed by atoms with Gasteiger partial charge in [0, 0.05) is 68.3 Å². The molecule has 0 amide bonds. The highest BCUT2D eigenvalue weighted by Crippen LogP contribution is 2.34. The van der Waals surface area contributed by atoms with Gasteiger partial charge in [0.2, 0.25) is 0 Å². The lowest BCUT2D eigenvalue weighted by atomic mass is 10.0. The summed E-state index contributed by atoms with van der Waals surface area (Å²) < 4.78 is 5.97. The Labute approximate surface area is 196 Å². The van der Waals surface area contributed by atoms with Crippen molar-refractivity contribution >= 4 is 27.6 Å². The maximum atomic E-state index is 4.67. The van der Waals surface area contributed by atoms with Gasteiger partial charge in [-0.05, 0) is 35.2 Å². The van der Waals surface area contributed by atoms with Crippen molar-refractivity contribution in [1.82, 2.24) is 33.9 Å². The van der Waals surface area contributed by atoms with Crippen LogP contribution in [-0.2, 0) is 21.1 Å². The molecule has 1 atom stereocenters. The van der Waals surface area contributed by atoms with Crippen LogP contribution in [0.3, 0.4) is 0 Å². The van der Waals surface area contributed by atoms with E-state index in [9.17, 15) is 0 Å². The van der Waals surface area contributed by atoms with E-state index in [1.165, 1.54) is 10.9 Å². The van der Waals surface area contributed by atoms with Crippen LogP contribution in [0.2, 0.25) is 0 Å². The van der Waals surface area contributed by atoms with Gasteiger partial charge in [0.15, 0.2) is 0 Å². The zero-order valence-corrected chi connectivity index (χ0v) is 19.2. The standard InChI is InChI=1S/C26H24N8/c1-32-9-6-17-4-5-18(10-23(17)32)21-11-20(12-22-26(21)29-8-7-28-22)31-25(19-13-30-34(3)15-19)24-14-27-16-33(24)2/h4-16,25,31H,1-3H3/t25-/m1/s1. The zero-order chi connectivity index (χ0) is 23.2. The second-order valence-corrected chi connectivity index (χ2v) is 8.60. The summed E-state index contributed by atoms with van der Waals surface area (Å²) >= 11 is 0. The fraction of sp³-hybridized carbons (Fsp3) is 0.154. The van der Waals surface area contributed by atoms with Gasteiger partial charge in [0.05, 0.1) is 41.5 Å². The number of aromatic nitrogens is 7. The summed E-state index contributed by atoms with van der Waals surface area (Å²) in [6, 6.07) is 12.7. The smallest absolute Gasteiger partial charge is 0.0966 e. The van der Waals surface area contributed by atoms with Crippen molar-refractivity contribution in [3.8, 4) is 11.1 Å². The summed E-state index contributed by atoms with van der Waals surface area (Å²) in [6.45, 7) is 0. The molecule has 0 saturated carbocycles. The lowest BCUT2D eigenvalue weighted by molar-refractivity contribution is 0.759. The Bertz CT molecular complexity index is 1640. The number of rotatable bonds is 5. The molecule has 0 saturated heterocycles. The first-order valence-electron chi connectivity index (χ1n) is 11.1. The number of nitrogens with one attached hydrogen (secondary N) is 1. The summed E-state index contributed by atoms with van der Waals surface area (Å²) in [5.41, 5.74) is 8.06. The first kappa shape index (κ1) is 20.2. The fourth-order valence-electron chi connectivity index (χ4n) is 4.54. The third kappa shape index (κ3) is 3.40. The van der Waals surface area contributed by atoms with Gasteiger partial charge in [-0.1, -0.05) is 12.1 Å². The molecule has 34 heavy (non-hydrogen) atoms. The fourth-order valence-corrected chi connectivity index (χ4v) is 4.54. The van der Waals surface area contributed by atoms with Crippen LogP contribution in [0.15, 0.2) is 79.9 Å². The molecule has 168 valence electrons. The zero-order valence-electron chi connectivity index (χ0n) is 19.2. The van der Waals surface area contributed by atoms with E-state index >= 15 is 0 Å². The average molecular weight is 449 g/mol. The van der Waals surface area contributed by atoms with Gasteiger partial charge >= 0.3 is 0 Å². The number of benzene rings is 2.